The summed E-state index contributed by atoms with van der Waals surface area (Å²) in [6, 6.07) is 7.02. The van der Waals surface area contributed by atoms with E-state index in [-0.39, 0.29) is 24.7 Å². The number of amides is 2. The zero-order valence-corrected chi connectivity index (χ0v) is 13.6. The van der Waals surface area contributed by atoms with Gasteiger partial charge in [0.25, 0.3) is 0 Å². The van der Waals surface area contributed by atoms with Crippen molar-refractivity contribution in [1.29, 1.82) is 0 Å². The molecule has 0 saturated carbocycles. The Morgan fingerprint density at radius 2 is 1.88 bits per heavy atom. The number of rotatable bonds is 7. The second-order valence-electron chi connectivity index (χ2n) is 4.86. The van der Waals surface area contributed by atoms with Crippen LogP contribution in [0.25, 0.3) is 11.3 Å². The molecule has 1 heterocycles. The van der Waals surface area contributed by atoms with Gasteiger partial charge in [0.15, 0.2) is 0 Å². The predicted molar refractivity (Wildman–Crippen MR) is 90.5 cm³/mol. The van der Waals surface area contributed by atoms with Crippen LogP contribution in [0.2, 0.25) is 0 Å². The molecular weight excluding hydrogens is 332 g/mol. The number of anilines is 2. The third kappa shape index (κ3) is 5.36. The molecule has 0 aliphatic heterocycles. The van der Waals surface area contributed by atoms with Gasteiger partial charge in [0.05, 0.1) is 12.1 Å². The highest BCUT2D eigenvalue weighted by molar-refractivity contribution is 7.14. The number of aromatic nitrogens is 1. The number of carbonyl (C=O) groups excluding carboxylic acids is 2. The van der Waals surface area contributed by atoms with Crippen molar-refractivity contribution in [2.75, 3.05) is 10.7 Å². The van der Waals surface area contributed by atoms with E-state index in [4.69, 9.17) is 5.11 Å². The number of hydrogen-bond donors (Lipinski definition) is 4. The fourth-order valence-corrected chi connectivity index (χ4v) is 2.45. The summed E-state index contributed by atoms with van der Waals surface area (Å²) in [4.78, 5) is 37.2. The maximum Gasteiger partial charge on any atom is 0.303 e. The molecule has 24 heavy (non-hydrogen) atoms. The Hall–Kier alpha value is -2.94. The molecule has 1 aromatic heterocycles. The lowest BCUT2D eigenvalue weighted by Gasteiger charge is -2.05. The molecule has 1 aromatic carbocycles. The highest BCUT2D eigenvalue weighted by Gasteiger charge is 2.07. The number of carboxylic acid groups (broad SMARTS) is 1. The van der Waals surface area contributed by atoms with Crippen LogP contribution in [-0.4, -0.2) is 27.9 Å². The Balaban J connectivity index is 1.95. The largest absolute Gasteiger partial charge is 0.481 e. The highest BCUT2D eigenvalue weighted by Crippen LogP contribution is 2.25. The first-order chi connectivity index (χ1) is 11.4. The van der Waals surface area contributed by atoms with Crippen LogP contribution in [0.4, 0.5) is 10.8 Å². The van der Waals surface area contributed by atoms with Gasteiger partial charge in [0.2, 0.25) is 16.9 Å². The number of nitrogens with zero attached hydrogens (tertiary/aromatic N) is 1. The van der Waals surface area contributed by atoms with Crippen LogP contribution < -0.4 is 16.2 Å². The Morgan fingerprint density at radius 1 is 1.17 bits per heavy atom. The van der Waals surface area contributed by atoms with Crippen molar-refractivity contribution in [1.82, 2.24) is 10.4 Å². The predicted octanol–water partition coefficient (Wildman–Crippen LogP) is 2.08. The smallest absolute Gasteiger partial charge is 0.303 e. The van der Waals surface area contributed by atoms with Crippen LogP contribution in [0.15, 0.2) is 29.6 Å². The van der Waals surface area contributed by atoms with Gasteiger partial charge < -0.3 is 10.4 Å². The monoisotopic (exact) mass is 348 g/mol. The summed E-state index contributed by atoms with van der Waals surface area (Å²) in [5, 5.41) is 13.6. The zero-order chi connectivity index (χ0) is 17.5. The van der Waals surface area contributed by atoms with Gasteiger partial charge in [0.1, 0.15) is 0 Å². The summed E-state index contributed by atoms with van der Waals surface area (Å²) < 4.78 is 0. The maximum atomic E-state index is 11.6. The van der Waals surface area contributed by atoms with E-state index in [1.54, 1.807) is 24.3 Å². The lowest BCUT2D eigenvalue weighted by molar-refractivity contribution is -0.138. The average Bonchev–Trinajstić information content (AvgIpc) is 3.00. The fraction of sp³-hybridized carbons (Fsp3) is 0.200. The van der Waals surface area contributed by atoms with Crippen molar-refractivity contribution in [3.8, 4) is 11.3 Å². The Bertz CT molecular complexity index is 742. The summed E-state index contributed by atoms with van der Waals surface area (Å²) in [5.41, 5.74) is 7.31. The molecule has 9 heteroatoms. The van der Waals surface area contributed by atoms with Crippen molar-refractivity contribution in [3.05, 3.63) is 29.6 Å². The molecule has 0 aliphatic carbocycles. The van der Waals surface area contributed by atoms with Gasteiger partial charge in [-0.1, -0.05) is 12.1 Å². The molecule has 126 valence electrons. The van der Waals surface area contributed by atoms with E-state index in [1.807, 2.05) is 5.38 Å². The van der Waals surface area contributed by atoms with Crippen LogP contribution in [0.5, 0.6) is 0 Å². The standard InChI is InChI=1S/C15H16N4O4S/c1-9(20)18-19-15-17-12(8-24-15)10-2-4-11(5-3-10)16-13(21)6-7-14(22)23/h2-5,8H,6-7H2,1H3,(H,16,21)(H,17,19)(H,18,20)(H,22,23). The van der Waals surface area contributed by atoms with Crippen molar-refractivity contribution >= 4 is 39.9 Å². The third-order valence-electron chi connectivity index (χ3n) is 2.88. The normalized spacial score (nSPS) is 10.0. The van der Waals surface area contributed by atoms with Crippen molar-refractivity contribution < 1.29 is 19.5 Å². The van der Waals surface area contributed by atoms with Crippen LogP contribution in [0, 0.1) is 0 Å². The van der Waals surface area contributed by atoms with E-state index >= 15 is 0 Å². The second-order valence-corrected chi connectivity index (χ2v) is 5.72. The van der Waals surface area contributed by atoms with Gasteiger partial charge in [0, 0.05) is 30.0 Å². The molecule has 4 N–H and O–H groups in total. The molecule has 0 aliphatic rings. The van der Waals surface area contributed by atoms with Crippen molar-refractivity contribution in [2.45, 2.75) is 19.8 Å². The minimum atomic E-state index is -1.01. The summed E-state index contributed by atoms with van der Waals surface area (Å²) >= 11 is 1.35. The number of hydrazine groups is 1. The van der Waals surface area contributed by atoms with E-state index in [0.29, 0.717) is 10.8 Å². The minimum Gasteiger partial charge on any atom is -0.481 e. The first-order valence-electron chi connectivity index (χ1n) is 7.04. The van der Waals surface area contributed by atoms with Crippen LogP contribution >= 0.6 is 11.3 Å². The van der Waals surface area contributed by atoms with Crippen LogP contribution in [-0.2, 0) is 14.4 Å². The van der Waals surface area contributed by atoms with Gasteiger partial charge in [-0.3, -0.25) is 25.2 Å². The van der Waals surface area contributed by atoms with E-state index in [9.17, 15) is 14.4 Å². The van der Waals surface area contributed by atoms with Gasteiger partial charge >= 0.3 is 5.97 Å². The first kappa shape index (κ1) is 17.4. The molecule has 0 bridgehead atoms. The molecule has 0 saturated heterocycles. The summed E-state index contributed by atoms with van der Waals surface area (Å²) in [7, 11) is 0. The first-order valence-corrected chi connectivity index (χ1v) is 7.92. The summed E-state index contributed by atoms with van der Waals surface area (Å²) in [6.07, 6.45) is -0.270. The zero-order valence-electron chi connectivity index (χ0n) is 12.8. The molecule has 0 unspecified atom stereocenters. The Labute approximate surface area is 141 Å². The fourth-order valence-electron chi connectivity index (χ4n) is 1.77. The molecule has 2 amide bonds. The van der Waals surface area contributed by atoms with E-state index in [1.165, 1.54) is 18.3 Å². The van der Waals surface area contributed by atoms with Gasteiger partial charge in [-0.05, 0) is 12.1 Å². The maximum absolute atomic E-state index is 11.6. The van der Waals surface area contributed by atoms with Crippen molar-refractivity contribution in [3.63, 3.8) is 0 Å². The van der Waals surface area contributed by atoms with Gasteiger partial charge in [-0.15, -0.1) is 11.3 Å². The quantitative estimate of drug-likeness (QED) is 0.569. The SMILES string of the molecule is CC(=O)NNc1nc(-c2ccc(NC(=O)CCC(=O)O)cc2)cs1. The molecule has 2 aromatic rings. The molecule has 0 atom stereocenters. The van der Waals surface area contributed by atoms with Crippen LogP contribution in [0.1, 0.15) is 19.8 Å². The minimum absolute atomic E-state index is 0.0681. The summed E-state index contributed by atoms with van der Waals surface area (Å²) in [5.74, 6) is -1.57. The second kappa shape index (κ2) is 8.06. The van der Waals surface area contributed by atoms with E-state index < -0.39 is 5.97 Å². The van der Waals surface area contributed by atoms with E-state index in [2.05, 4.69) is 21.2 Å². The van der Waals surface area contributed by atoms with E-state index in [0.717, 1.165) is 11.3 Å². The molecule has 2 rings (SSSR count). The highest BCUT2D eigenvalue weighted by atomic mass is 32.1. The number of aliphatic carboxylic acids is 1. The Morgan fingerprint density at radius 3 is 2.50 bits per heavy atom. The van der Waals surface area contributed by atoms with Crippen LogP contribution in [0.3, 0.4) is 0 Å². The average molecular weight is 348 g/mol. The molecule has 0 fully saturated rings. The topological polar surface area (TPSA) is 120 Å². The molecular formula is C15H16N4O4S. The Kier molecular flexibility index (Phi) is 5.85. The number of carboxylic acids is 1. The van der Waals surface area contributed by atoms with Crippen molar-refractivity contribution in [2.24, 2.45) is 0 Å². The molecule has 0 radical (unpaired) electrons. The lowest BCUT2D eigenvalue weighted by Crippen LogP contribution is -2.26. The third-order valence-corrected chi connectivity index (χ3v) is 3.64. The number of nitrogens with one attached hydrogen (secondary N) is 3. The number of thiazole rings is 1. The molecule has 8 nitrogen and oxygen atoms in total. The number of hydrogen-bond acceptors (Lipinski definition) is 6. The summed E-state index contributed by atoms with van der Waals surface area (Å²) in [6.45, 7) is 1.39. The number of carbonyl (C=O) groups is 3. The van der Waals surface area contributed by atoms with Gasteiger partial charge in [-0.2, -0.15) is 0 Å². The van der Waals surface area contributed by atoms with Gasteiger partial charge in [-0.25, -0.2) is 4.98 Å². The lowest BCUT2D eigenvalue weighted by atomic mass is 10.1. The molecule has 0 spiro atoms. The number of benzene rings is 1.